The van der Waals surface area contributed by atoms with Crippen LogP contribution in [0.5, 0.6) is 0 Å². The van der Waals surface area contributed by atoms with Crippen molar-refractivity contribution >= 4 is 11.8 Å². The minimum absolute atomic E-state index is 0.104. The zero-order valence-corrected chi connectivity index (χ0v) is 9.37. The topological polar surface area (TPSA) is 58.2 Å². The number of nitrogens with one attached hydrogen (secondary N) is 2. The highest BCUT2D eigenvalue weighted by atomic mass is 16.2. The van der Waals surface area contributed by atoms with Crippen molar-refractivity contribution in [3.05, 3.63) is 0 Å². The molecule has 2 amide bonds. The number of amides is 2. The highest BCUT2D eigenvalue weighted by Crippen LogP contribution is 2.54. The first kappa shape index (κ1) is 10.1. The van der Waals surface area contributed by atoms with Crippen LogP contribution in [0.1, 0.15) is 32.1 Å². The largest absolute Gasteiger partial charge is 0.354 e. The van der Waals surface area contributed by atoms with Crippen molar-refractivity contribution in [1.82, 2.24) is 10.6 Å². The summed E-state index contributed by atoms with van der Waals surface area (Å²) in [6, 6.07) is 0.155. The second kappa shape index (κ2) is 3.75. The Hall–Kier alpha value is -1.06. The van der Waals surface area contributed by atoms with Gasteiger partial charge in [-0.2, -0.15) is 0 Å². The molecule has 1 saturated heterocycles. The van der Waals surface area contributed by atoms with Crippen LogP contribution in [0.25, 0.3) is 0 Å². The summed E-state index contributed by atoms with van der Waals surface area (Å²) in [5, 5.41) is 5.86. The van der Waals surface area contributed by atoms with Gasteiger partial charge in [-0.05, 0) is 37.5 Å². The molecule has 0 aromatic rings. The third kappa shape index (κ3) is 1.93. The number of rotatable bonds is 2. The average molecular weight is 222 g/mol. The number of carbonyl (C=O) groups excluding carboxylic acids is 2. The van der Waals surface area contributed by atoms with Gasteiger partial charge < -0.3 is 10.6 Å². The number of fused-ring (bicyclic) bond motifs is 1. The van der Waals surface area contributed by atoms with Crippen LogP contribution in [0, 0.1) is 17.8 Å². The van der Waals surface area contributed by atoms with Crippen LogP contribution in [0.3, 0.4) is 0 Å². The zero-order chi connectivity index (χ0) is 11.1. The molecule has 0 radical (unpaired) electrons. The van der Waals surface area contributed by atoms with Gasteiger partial charge in [0.2, 0.25) is 11.8 Å². The quantitative estimate of drug-likeness (QED) is 0.711. The van der Waals surface area contributed by atoms with Gasteiger partial charge in [-0.25, -0.2) is 0 Å². The Bertz CT molecular complexity index is 309. The van der Waals surface area contributed by atoms with Crippen LogP contribution in [0.2, 0.25) is 0 Å². The summed E-state index contributed by atoms with van der Waals surface area (Å²) in [7, 11) is 0. The van der Waals surface area contributed by atoms with Crippen molar-refractivity contribution < 1.29 is 9.59 Å². The average Bonchev–Trinajstić information content (AvgIpc) is 2.89. The fourth-order valence-electron chi connectivity index (χ4n) is 3.10. The van der Waals surface area contributed by atoms with Gasteiger partial charge >= 0.3 is 0 Å². The number of hydrogen-bond donors (Lipinski definition) is 2. The molecule has 3 rings (SSSR count). The summed E-state index contributed by atoms with van der Waals surface area (Å²) in [4.78, 5) is 22.9. The second-order valence-electron chi connectivity index (χ2n) is 5.47. The van der Waals surface area contributed by atoms with E-state index in [0.29, 0.717) is 13.0 Å². The molecule has 1 aliphatic heterocycles. The molecule has 0 aromatic carbocycles. The maximum Gasteiger partial charge on any atom is 0.223 e. The summed E-state index contributed by atoms with van der Waals surface area (Å²) in [5.41, 5.74) is 0. The van der Waals surface area contributed by atoms with E-state index in [1.165, 1.54) is 6.42 Å². The van der Waals surface area contributed by atoms with Gasteiger partial charge in [0.15, 0.2) is 0 Å². The fourth-order valence-corrected chi connectivity index (χ4v) is 3.10. The van der Waals surface area contributed by atoms with E-state index in [0.717, 1.165) is 31.1 Å². The minimum atomic E-state index is 0.104. The monoisotopic (exact) mass is 222 g/mol. The standard InChI is InChI=1S/C12H18N2O2/c15-11-2-1-10(6-13-11)14-12(16)9-4-7-3-8(7)5-9/h7-10H,1-6H2,(H,13,15)(H,14,16). The molecule has 3 unspecified atom stereocenters. The van der Waals surface area contributed by atoms with E-state index in [4.69, 9.17) is 0 Å². The smallest absolute Gasteiger partial charge is 0.223 e. The summed E-state index contributed by atoms with van der Waals surface area (Å²) < 4.78 is 0. The Morgan fingerprint density at radius 3 is 2.62 bits per heavy atom. The number of carbonyl (C=O) groups is 2. The summed E-state index contributed by atoms with van der Waals surface area (Å²) in [6.07, 6.45) is 4.87. The Morgan fingerprint density at radius 1 is 1.25 bits per heavy atom. The van der Waals surface area contributed by atoms with Crippen LogP contribution in [0.15, 0.2) is 0 Å². The predicted octanol–water partition coefficient (Wildman–Crippen LogP) is 0.427. The molecule has 2 aliphatic carbocycles. The lowest BCUT2D eigenvalue weighted by molar-refractivity contribution is -0.128. The first-order chi connectivity index (χ1) is 7.72. The van der Waals surface area contributed by atoms with Gasteiger partial charge in [-0.1, -0.05) is 0 Å². The van der Waals surface area contributed by atoms with Crippen molar-refractivity contribution in [2.75, 3.05) is 6.54 Å². The van der Waals surface area contributed by atoms with Crippen molar-refractivity contribution in [2.45, 2.75) is 38.1 Å². The molecule has 2 N–H and O–H groups in total. The fraction of sp³-hybridized carbons (Fsp3) is 0.833. The van der Waals surface area contributed by atoms with Crippen LogP contribution in [-0.2, 0) is 9.59 Å². The molecule has 2 saturated carbocycles. The SMILES string of the molecule is O=C1CCC(NC(=O)C2CC3CC3C2)CN1. The number of piperidine rings is 1. The Morgan fingerprint density at radius 2 is 2.00 bits per heavy atom. The van der Waals surface area contributed by atoms with Gasteiger partial charge in [0.25, 0.3) is 0 Å². The Balaban J connectivity index is 1.47. The molecule has 1 heterocycles. The lowest BCUT2D eigenvalue weighted by atomic mass is 10.0. The molecule has 4 nitrogen and oxygen atoms in total. The van der Waals surface area contributed by atoms with E-state index in [9.17, 15) is 9.59 Å². The Kier molecular flexibility index (Phi) is 2.37. The normalized spacial score (nSPS) is 41.1. The van der Waals surface area contributed by atoms with Crippen LogP contribution in [0.4, 0.5) is 0 Å². The highest BCUT2D eigenvalue weighted by Gasteiger charge is 2.48. The molecular weight excluding hydrogens is 204 g/mol. The summed E-state index contributed by atoms with van der Waals surface area (Å²) in [5.74, 6) is 2.27. The first-order valence-electron chi connectivity index (χ1n) is 6.29. The maximum absolute atomic E-state index is 11.9. The van der Waals surface area contributed by atoms with Gasteiger partial charge in [-0.15, -0.1) is 0 Å². The number of hydrogen-bond acceptors (Lipinski definition) is 2. The highest BCUT2D eigenvalue weighted by molar-refractivity contribution is 5.80. The van der Waals surface area contributed by atoms with Crippen LogP contribution in [-0.4, -0.2) is 24.4 Å². The second-order valence-corrected chi connectivity index (χ2v) is 5.47. The maximum atomic E-state index is 11.9. The van der Waals surface area contributed by atoms with Crippen LogP contribution >= 0.6 is 0 Å². The molecule has 88 valence electrons. The van der Waals surface area contributed by atoms with E-state index in [1.54, 1.807) is 0 Å². The van der Waals surface area contributed by atoms with Crippen molar-refractivity contribution in [3.8, 4) is 0 Å². The van der Waals surface area contributed by atoms with E-state index < -0.39 is 0 Å². The lowest BCUT2D eigenvalue weighted by Gasteiger charge is -2.25. The Labute approximate surface area is 95.2 Å². The molecule has 3 fully saturated rings. The minimum Gasteiger partial charge on any atom is -0.354 e. The van der Waals surface area contributed by atoms with Gasteiger partial charge in [-0.3, -0.25) is 9.59 Å². The molecule has 0 aromatic heterocycles. The molecule has 3 atom stereocenters. The van der Waals surface area contributed by atoms with Gasteiger partial charge in [0.05, 0.1) is 0 Å². The van der Waals surface area contributed by atoms with Crippen molar-refractivity contribution in [3.63, 3.8) is 0 Å². The third-order valence-electron chi connectivity index (χ3n) is 4.23. The summed E-state index contributed by atoms with van der Waals surface area (Å²) in [6.45, 7) is 0.601. The molecule has 3 aliphatic rings. The molecule has 4 heteroatoms. The van der Waals surface area contributed by atoms with E-state index >= 15 is 0 Å². The van der Waals surface area contributed by atoms with E-state index in [1.807, 2.05) is 0 Å². The third-order valence-corrected chi connectivity index (χ3v) is 4.23. The molecule has 0 bridgehead atoms. The summed E-state index contributed by atoms with van der Waals surface area (Å²) >= 11 is 0. The van der Waals surface area contributed by atoms with E-state index in [-0.39, 0.29) is 23.8 Å². The van der Waals surface area contributed by atoms with Gasteiger partial charge in [0.1, 0.15) is 0 Å². The molecular formula is C12H18N2O2. The predicted molar refractivity (Wildman–Crippen MR) is 58.5 cm³/mol. The van der Waals surface area contributed by atoms with Crippen molar-refractivity contribution in [1.29, 1.82) is 0 Å². The zero-order valence-electron chi connectivity index (χ0n) is 9.37. The van der Waals surface area contributed by atoms with Gasteiger partial charge in [0, 0.05) is 24.9 Å². The van der Waals surface area contributed by atoms with E-state index in [2.05, 4.69) is 10.6 Å². The molecule has 0 spiro atoms. The van der Waals surface area contributed by atoms with Crippen molar-refractivity contribution in [2.24, 2.45) is 17.8 Å². The first-order valence-corrected chi connectivity index (χ1v) is 6.29. The lowest BCUT2D eigenvalue weighted by Crippen LogP contribution is -2.49. The molecule has 16 heavy (non-hydrogen) atoms. The van der Waals surface area contributed by atoms with Crippen LogP contribution < -0.4 is 10.6 Å².